The average molecular weight is 342 g/mol. The van der Waals surface area contributed by atoms with Crippen molar-refractivity contribution in [1.29, 1.82) is 0 Å². The zero-order chi connectivity index (χ0) is 16.7. The minimum absolute atomic E-state index is 0.359. The lowest BCUT2D eigenvalue weighted by molar-refractivity contribution is -0.141. The summed E-state index contributed by atoms with van der Waals surface area (Å²) in [6.07, 6.45) is 1.78. The normalized spacial score (nSPS) is 12.6. The van der Waals surface area contributed by atoms with Crippen molar-refractivity contribution in [3.8, 4) is 10.6 Å². The molecule has 24 heavy (non-hydrogen) atoms. The van der Waals surface area contributed by atoms with Gasteiger partial charge in [-0.25, -0.2) is 19.3 Å². The van der Waals surface area contributed by atoms with Crippen LogP contribution in [0.5, 0.6) is 0 Å². The molecule has 0 spiro atoms. The lowest BCUT2D eigenvalue weighted by Gasteiger charge is -2.09. The quantitative estimate of drug-likeness (QED) is 0.552. The molecule has 3 aromatic heterocycles. The molecule has 1 atom stereocenters. The van der Waals surface area contributed by atoms with E-state index in [1.807, 2.05) is 23.6 Å². The van der Waals surface area contributed by atoms with Gasteiger partial charge in [0, 0.05) is 17.1 Å². The second-order valence-electron chi connectivity index (χ2n) is 5.25. The summed E-state index contributed by atoms with van der Waals surface area (Å²) in [6, 6.07) is 5.45. The zero-order valence-corrected chi connectivity index (χ0v) is 13.8. The number of methoxy groups -OCH3 is 1. The third-order valence-corrected chi connectivity index (χ3v) is 4.48. The lowest BCUT2D eigenvalue weighted by Crippen LogP contribution is -2.27. The number of aromatic nitrogens is 5. The molecule has 0 fully saturated rings. The Morgan fingerprint density at radius 1 is 1.42 bits per heavy atom. The number of nitrogens with one attached hydrogen (secondary N) is 2. The number of fused-ring (bicyclic) bond motifs is 3. The molecule has 0 amide bonds. The summed E-state index contributed by atoms with van der Waals surface area (Å²) in [6.45, 7) is 1.70. The number of ether oxygens (including phenoxy) is 1. The van der Waals surface area contributed by atoms with Gasteiger partial charge < -0.3 is 10.1 Å². The maximum atomic E-state index is 11.5. The summed E-state index contributed by atoms with van der Waals surface area (Å²) in [5, 5.41) is 8.95. The van der Waals surface area contributed by atoms with Crippen molar-refractivity contribution in [3.63, 3.8) is 0 Å². The molecule has 122 valence electrons. The maximum Gasteiger partial charge on any atom is 0.328 e. The van der Waals surface area contributed by atoms with E-state index < -0.39 is 6.04 Å². The standard InChI is InChI=1S/C15H14N6O2S/c1-8(13(22)23-2)17-14-19-15-18-10-7-9(12-16-5-6-24-12)3-4-11(10)21(15)20-14/h3-8H,1-2H3,(H2,17,18,19,20). The van der Waals surface area contributed by atoms with Crippen LogP contribution < -0.4 is 5.32 Å². The SMILES string of the molecule is COC(=O)C(C)Nc1nc2nc3cc(-c4nccs4)ccc3n2[nH]1. The molecule has 2 N–H and O–H groups in total. The molecule has 0 saturated carbocycles. The average Bonchev–Trinajstić information content (AvgIpc) is 3.28. The molecule has 0 radical (unpaired) electrons. The molecule has 0 bridgehead atoms. The van der Waals surface area contributed by atoms with Crippen LogP contribution in [0.15, 0.2) is 29.8 Å². The number of nitrogens with zero attached hydrogens (tertiary/aromatic N) is 4. The summed E-state index contributed by atoms with van der Waals surface area (Å²) < 4.78 is 6.46. The molecule has 0 aliphatic rings. The lowest BCUT2D eigenvalue weighted by atomic mass is 10.2. The number of carbonyl (C=O) groups excluding carboxylic acids is 1. The summed E-state index contributed by atoms with van der Waals surface area (Å²) in [7, 11) is 1.35. The fourth-order valence-electron chi connectivity index (χ4n) is 2.49. The third-order valence-electron chi connectivity index (χ3n) is 3.65. The van der Waals surface area contributed by atoms with Gasteiger partial charge in [0.2, 0.25) is 5.95 Å². The van der Waals surface area contributed by atoms with E-state index in [0.29, 0.717) is 11.7 Å². The molecular weight excluding hydrogens is 328 g/mol. The molecular formula is C15H14N6O2S. The fraction of sp³-hybridized carbons (Fsp3) is 0.200. The Bertz CT molecular complexity index is 1020. The highest BCUT2D eigenvalue weighted by Crippen LogP contribution is 2.26. The topological polar surface area (TPSA) is 97.2 Å². The molecule has 3 heterocycles. The Morgan fingerprint density at radius 3 is 3.04 bits per heavy atom. The van der Waals surface area contributed by atoms with Crippen molar-refractivity contribution < 1.29 is 9.53 Å². The largest absolute Gasteiger partial charge is 0.467 e. The number of hydrogen-bond donors (Lipinski definition) is 2. The molecule has 0 saturated heterocycles. The van der Waals surface area contributed by atoms with Crippen LogP contribution in [0.1, 0.15) is 6.92 Å². The second kappa shape index (κ2) is 5.60. The second-order valence-corrected chi connectivity index (χ2v) is 6.14. The fourth-order valence-corrected chi connectivity index (χ4v) is 3.12. The molecule has 0 aliphatic carbocycles. The summed E-state index contributed by atoms with van der Waals surface area (Å²) in [5.74, 6) is 0.629. The van der Waals surface area contributed by atoms with Crippen LogP contribution in [0.4, 0.5) is 5.95 Å². The van der Waals surface area contributed by atoms with Crippen molar-refractivity contribution in [2.24, 2.45) is 0 Å². The predicted octanol–water partition coefficient (Wildman–Crippen LogP) is 2.31. The number of hydrogen-bond acceptors (Lipinski definition) is 7. The smallest absolute Gasteiger partial charge is 0.328 e. The van der Waals surface area contributed by atoms with E-state index in [1.165, 1.54) is 7.11 Å². The van der Waals surface area contributed by atoms with E-state index in [-0.39, 0.29) is 5.97 Å². The number of H-pyrrole nitrogens is 1. The maximum absolute atomic E-state index is 11.5. The van der Waals surface area contributed by atoms with Gasteiger partial charge in [0.15, 0.2) is 0 Å². The minimum Gasteiger partial charge on any atom is -0.467 e. The monoisotopic (exact) mass is 342 g/mol. The van der Waals surface area contributed by atoms with Crippen LogP contribution in [-0.2, 0) is 9.53 Å². The number of anilines is 1. The first-order chi connectivity index (χ1) is 11.7. The van der Waals surface area contributed by atoms with Gasteiger partial charge in [0.25, 0.3) is 5.78 Å². The first-order valence-electron chi connectivity index (χ1n) is 7.28. The Labute approximate surface area is 140 Å². The van der Waals surface area contributed by atoms with Crippen LogP contribution in [0, 0.1) is 0 Å². The molecule has 1 aromatic carbocycles. The van der Waals surface area contributed by atoms with Gasteiger partial charge in [-0.2, -0.15) is 4.98 Å². The molecule has 4 rings (SSSR count). The summed E-state index contributed by atoms with van der Waals surface area (Å²) >= 11 is 1.58. The Balaban J connectivity index is 1.70. The van der Waals surface area contributed by atoms with Crippen molar-refractivity contribution in [2.75, 3.05) is 12.4 Å². The van der Waals surface area contributed by atoms with Crippen molar-refractivity contribution >= 4 is 40.1 Å². The first kappa shape index (κ1) is 14.6. The number of benzene rings is 1. The van der Waals surface area contributed by atoms with E-state index >= 15 is 0 Å². The predicted molar refractivity (Wildman–Crippen MR) is 91.1 cm³/mol. The van der Waals surface area contributed by atoms with Gasteiger partial charge in [-0.3, -0.25) is 5.10 Å². The molecule has 1 unspecified atom stereocenters. The van der Waals surface area contributed by atoms with Crippen molar-refractivity contribution in [3.05, 3.63) is 29.8 Å². The Hall–Kier alpha value is -2.94. The molecule has 4 aromatic rings. The van der Waals surface area contributed by atoms with E-state index in [0.717, 1.165) is 21.6 Å². The van der Waals surface area contributed by atoms with E-state index in [1.54, 1.807) is 29.0 Å². The number of carbonyl (C=O) groups is 1. The third kappa shape index (κ3) is 2.38. The highest BCUT2D eigenvalue weighted by atomic mass is 32.1. The molecule has 0 aliphatic heterocycles. The highest BCUT2D eigenvalue weighted by Gasteiger charge is 2.16. The van der Waals surface area contributed by atoms with Gasteiger partial charge in [-0.1, -0.05) is 0 Å². The van der Waals surface area contributed by atoms with Crippen LogP contribution in [0.2, 0.25) is 0 Å². The van der Waals surface area contributed by atoms with Crippen molar-refractivity contribution in [2.45, 2.75) is 13.0 Å². The van der Waals surface area contributed by atoms with Gasteiger partial charge in [0.1, 0.15) is 11.0 Å². The van der Waals surface area contributed by atoms with Crippen LogP contribution in [0.25, 0.3) is 27.4 Å². The van der Waals surface area contributed by atoms with E-state index in [9.17, 15) is 4.79 Å². The number of aromatic amines is 1. The van der Waals surface area contributed by atoms with Gasteiger partial charge in [-0.05, 0) is 25.1 Å². The van der Waals surface area contributed by atoms with E-state index in [2.05, 4.69) is 30.1 Å². The summed E-state index contributed by atoms with van der Waals surface area (Å²) in [5.41, 5.74) is 2.75. The van der Waals surface area contributed by atoms with Gasteiger partial charge in [0.05, 0.1) is 18.1 Å². The number of imidazole rings is 1. The van der Waals surface area contributed by atoms with Crippen LogP contribution in [-0.4, -0.2) is 43.7 Å². The van der Waals surface area contributed by atoms with Crippen molar-refractivity contribution in [1.82, 2.24) is 24.6 Å². The van der Waals surface area contributed by atoms with Crippen LogP contribution >= 0.6 is 11.3 Å². The Morgan fingerprint density at radius 2 is 2.29 bits per heavy atom. The molecule has 8 nitrogen and oxygen atoms in total. The zero-order valence-electron chi connectivity index (χ0n) is 13.0. The Kier molecular flexibility index (Phi) is 3.42. The number of thiazole rings is 1. The van der Waals surface area contributed by atoms with Crippen LogP contribution in [0.3, 0.4) is 0 Å². The summed E-state index contributed by atoms with van der Waals surface area (Å²) in [4.78, 5) is 24.7. The first-order valence-corrected chi connectivity index (χ1v) is 8.16. The number of rotatable bonds is 4. The number of esters is 1. The van der Waals surface area contributed by atoms with Gasteiger partial charge >= 0.3 is 5.97 Å². The van der Waals surface area contributed by atoms with Gasteiger partial charge in [-0.15, -0.1) is 11.3 Å². The van der Waals surface area contributed by atoms with E-state index in [4.69, 9.17) is 0 Å². The molecule has 9 heteroatoms. The minimum atomic E-state index is -0.506. The highest BCUT2D eigenvalue weighted by molar-refractivity contribution is 7.13.